The second kappa shape index (κ2) is 5.57. The van der Waals surface area contributed by atoms with Crippen LogP contribution in [0.3, 0.4) is 0 Å². The van der Waals surface area contributed by atoms with E-state index >= 15 is 0 Å². The van der Waals surface area contributed by atoms with Crippen LogP contribution in [-0.4, -0.2) is 23.6 Å². The van der Waals surface area contributed by atoms with E-state index < -0.39 is 6.03 Å². The lowest BCUT2D eigenvalue weighted by Crippen LogP contribution is -2.43. The van der Waals surface area contributed by atoms with Gasteiger partial charge in [0.2, 0.25) is 0 Å². The molecule has 1 aliphatic carbocycles. The van der Waals surface area contributed by atoms with Crippen LogP contribution in [0.2, 0.25) is 0 Å². The lowest BCUT2D eigenvalue weighted by Gasteiger charge is -2.24. The van der Waals surface area contributed by atoms with Crippen molar-refractivity contribution in [3.63, 3.8) is 0 Å². The van der Waals surface area contributed by atoms with Crippen LogP contribution < -0.4 is 5.32 Å². The first-order chi connectivity index (χ1) is 7.27. The summed E-state index contributed by atoms with van der Waals surface area (Å²) in [5.74, 6) is 0. The molecule has 1 fully saturated rings. The van der Waals surface area contributed by atoms with Crippen molar-refractivity contribution in [1.29, 1.82) is 0 Å². The summed E-state index contributed by atoms with van der Waals surface area (Å²) in [4.78, 5) is 21.8. The number of hydrogen-bond acceptors (Lipinski definition) is 3. The second-order valence-corrected chi connectivity index (χ2v) is 3.49. The fourth-order valence-corrected chi connectivity index (χ4v) is 1.68. The van der Waals surface area contributed by atoms with Gasteiger partial charge in [-0.05, 0) is 19.7 Å². The zero-order valence-corrected chi connectivity index (χ0v) is 8.24. The third-order valence-corrected chi connectivity index (χ3v) is 2.48. The van der Waals surface area contributed by atoms with Gasteiger partial charge in [0.1, 0.15) is 0 Å². The Kier molecular flexibility index (Phi) is 3.75. The Bertz CT molecular complexity index is 219. The number of urea groups is 1. The number of amides is 2. The fourth-order valence-electron chi connectivity index (χ4n) is 1.68. The lowest BCUT2D eigenvalue weighted by molar-refractivity contribution is 0.194. The number of carbonyl (C=O) groups is 1. The molecule has 0 saturated heterocycles. The van der Waals surface area contributed by atoms with E-state index in [1.54, 1.807) is 0 Å². The van der Waals surface area contributed by atoms with Crippen LogP contribution in [0.1, 0.15) is 40.4 Å². The van der Waals surface area contributed by atoms with Crippen LogP contribution in [0, 0.1) is 4.91 Å². The SMILES string of the molecule is [2H]CCN(N=O)C(=O)NC1CCCCC1. The molecule has 0 atom stereocenters. The first-order valence-electron chi connectivity index (χ1n) is 5.69. The Balaban J connectivity index is 2.34. The molecule has 14 heavy (non-hydrogen) atoms. The second-order valence-electron chi connectivity index (χ2n) is 3.49. The average molecular weight is 200 g/mol. The molecule has 0 bridgehead atoms. The van der Waals surface area contributed by atoms with Crippen LogP contribution in [0.15, 0.2) is 5.29 Å². The summed E-state index contributed by atoms with van der Waals surface area (Å²) >= 11 is 0. The molecule has 80 valence electrons. The van der Waals surface area contributed by atoms with Gasteiger partial charge in [0.15, 0.2) is 0 Å². The molecule has 1 saturated carbocycles. The number of hydrogen-bond donors (Lipinski definition) is 1. The molecule has 5 heteroatoms. The highest BCUT2D eigenvalue weighted by molar-refractivity contribution is 5.74. The summed E-state index contributed by atoms with van der Waals surface area (Å²) in [6.45, 7) is 0.0475. The van der Waals surface area contributed by atoms with Crippen molar-refractivity contribution in [2.24, 2.45) is 5.29 Å². The Labute approximate surface area is 85.2 Å². The van der Waals surface area contributed by atoms with E-state index in [0.717, 1.165) is 30.7 Å². The molecule has 0 aromatic carbocycles. The van der Waals surface area contributed by atoms with E-state index in [2.05, 4.69) is 10.6 Å². The van der Waals surface area contributed by atoms with Crippen molar-refractivity contribution < 1.29 is 6.17 Å². The number of rotatable bonds is 3. The minimum Gasteiger partial charge on any atom is -0.334 e. The summed E-state index contributed by atoms with van der Waals surface area (Å²) in [5, 5.41) is 6.14. The molecule has 5 nitrogen and oxygen atoms in total. The molecule has 0 aromatic heterocycles. The van der Waals surface area contributed by atoms with Crippen molar-refractivity contribution in [2.45, 2.75) is 45.0 Å². The minimum atomic E-state index is -0.468. The molecule has 0 spiro atoms. The van der Waals surface area contributed by atoms with Crippen LogP contribution >= 0.6 is 0 Å². The Morgan fingerprint density at radius 2 is 2.29 bits per heavy atom. The first-order valence-corrected chi connectivity index (χ1v) is 4.98. The molecule has 1 aliphatic rings. The van der Waals surface area contributed by atoms with E-state index in [0.29, 0.717) is 0 Å². The highest BCUT2D eigenvalue weighted by Gasteiger charge is 2.19. The van der Waals surface area contributed by atoms with Gasteiger partial charge in [0.25, 0.3) is 0 Å². The van der Waals surface area contributed by atoms with E-state index in [1.807, 2.05) is 0 Å². The van der Waals surface area contributed by atoms with Crippen LogP contribution in [0.25, 0.3) is 0 Å². The van der Waals surface area contributed by atoms with E-state index in [4.69, 9.17) is 1.37 Å². The molecular weight excluding hydrogens is 182 g/mol. The van der Waals surface area contributed by atoms with Gasteiger partial charge in [-0.2, -0.15) is 5.01 Å². The summed E-state index contributed by atoms with van der Waals surface area (Å²) in [7, 11) is 0. The smallest absolute Gasteiger partial charge is 0.334 e. The van der Waals surface area contributed by atoms with E-state index in [-0.39, 0.29) is 19.5 Å². The van der Waals surface area contributed by atoms with Gasteiger partial charge in [0.05, 0.1) is 5.29 Å². The van der Waals surface area contributed by atoms with Gasteiger partial charge < -0.3 is 5.32 Å². The predicted octanol–water partition coefficient (Wildman–Crippen LogP) is 2.03. The third-order valence-electron chi connectivity index (χ3n) is 2.48. The van der Waals surface area contributed by atoms with E-state index in [1.165, 1.54) is 6.42 Å². The fraction of sp³-hybridized carbons (Fsp3) is 0.889. The summed E-state index contributed by atoms with van der Waals surface area (Å²) in [6.07, 6.45) is 5.41. The molecule has 1 N–H and O–H groups in total. The average Bonchev–Trinajstić information content (AvgIpc) is 2.27. The van der Waals surface area contributed by atoms with E-state index in [9.17, 15) is 9.70 Å². The maximum Gasteiger partial charge on any atom is 0.340 e. The zero-order chi connectivity index (χ0) is 11.1. The number of nitrogens with zero attached hydrogens (tertiary/aromatic N) is 2. The van der Waals surface area contributed by atoms with Crippen molar-refractivity contribution in [3.8, 4) is 0 Å². The maximum absolute atomic E-state index is 11.5. The van der Waals surface area contributed by atoms with Gasteiger partial charge in [-0.1, -0.05) is 19.3 Å². The van der Waals surface area contributed by atoms with Crippen molar-refractivity contribution in [3.05, 3.63) is 4.91 Å². The van der Waals surface area contributed by atoms with Crippen LogP contribution in [-0.2, 0) is 0 Å². The molecule has 0 aliphatic heterocycles. The maximum atomic E-state index is 11.5. The first kappa shape index (κ1) is 9.43. The van der Waals surface area contributed by atoms with Gasteiger partial charge in [-0.25, -0.2) is 4.79 Å². The molecule has 0 aromatic rings. The highest BCUT2D eigenvalue weighted by Crippen LogP contribution is 2.17. The van der Waals surface area contributed by atoms with Crippen molar-refractivity contribution in [1.82, 2.24) is 10.3 Å². The quantitative estimate of drug-likeness (QED) is 0.559. The topological polar surface area (TPSA) is 61.8 Å². The monoisotopic (exact) mass is 200 g/mol. The molecule has 2 amide bonds. The summed E-state index contributed by atoms with van der Waals surface area (Å²) < 4.78 is 6.93. The standard InChI is InChI=1S/C9H17N3O2/c1-2-12(11-14)9(13)10-8-6-4-3-5-7-8/h8H,2-7H2,1H3,(H,10,13)/i1D. The Hall–Kier alpha value is -1.13. The molecule has 1 rings (SSSR count). The summed E-state index contributed by atoms with van der Waals surface area (Å²) in [6, 6.07) is -0.301. The van der Waals surface area contributed by atoms with Gasteiger partial charge >= 0.3 is 6.03 Å². The van der Waals surface area contributed by atoms with Crippen molar-refractivity contribution >= 4 is 6.03 Å². The minimum absolute atomic E-state index is 0.0101. The van der Waals surface area contributed by atoms with Crippen molar-refractivity contribution in [2.75, 3.05) is 6.54 Å². The lowest BCUT2D eigenvalue weighted by atomic mass is 9.96. The normalized spacial score (nSPS) is 18.4. The third kappa shape index (κ3) is 2.97. The number of nitrogens with one attached hydrogen (secondary N) is 1. The molecule has 0 heterocycles. The summed E-state index contributed by atoms with van der Waals surface area (Å²) in [5.41, 5.74) is 0. The predicted molar refractivity (Wildman–Crippen MR) is 53.6 cm³/mol. The molecule has 0 unspecified atom stereocenters. The zero-order valence-electron chi connectivity index (χ0n) is 9.24. The van der Waals surface area contributed by atoms with Crippen LogP contribution in [0.5, 0.6) is 0 Å². The van der Waals surface area contributed by atoms with Crippen LogP contribution in [0.4, 0.5) is 4.79 Å². The number of nitroso groups, excluding NO2 is 1. The molecular formula is C9H17N3O2. The highest BCUT2D eigenvalue weighted by atomic mass is 16.3. The van der Waals surface area contributed by atoms with Gasteiger partial charge in [-0.15, -0.1) is 4.91 Å². The molecule has 0 radical (unpaired) electrons. The largest absolute Gasteiger partial charge is 0.340 e. The Morgan fingerprint density at radius 1 is 1.57 bits per heavy atom. The number of carbonyl (C=O) groups excluding carboxylic acids is 1. The Morgan fingerprint density at radius 3 is 2.86 bits per heavy atom. The van der Waals surface area contributed by atoms with Gasteiger partial charge in [-0.3, -0.25) is 0 Å². The van der Waals surface area contributed by atoms with Gasteiger partial charge in [0, 0.05) is 14.0 Å².